The summed E-state index contributed by atoms with van der Waals surface area (Å²) in [5, 5.41) is 7.11. The largest absolute Gasteiger partial charge is 0.316 e. The minimum absolute atomic E-state index is 0.289. The fourth-order valence-electron chi connectivity index (χ4n) is 2.30. The molecule has 1 heterocycles. The number of rotatable bonds is 1. The van der Waals surface area contributed by atoms with Crippen molar-refractivity contribution in [3.05, 3.63) is 10.4 Å². The summed E-state index contributed by atoms with van der Waals surface area (Å²) in [7, 11) is 0. The molecule has 1 aliphatic heterocycles. The lowest BCUT2D eigenvalue weighted by Crippen LogP contribution is -2.12. The highest BCUT2D eigenvalue weighted by atomic mass is 15.2. The molecule has 2 atom stereocenters. The number of azide groups is 1. The summed E-state index contributed by atoms with van der Waals surface area (Å²) in [6.45, 7) is 2.25. The fourth-order valence-corrected chi connectivity index (χ4v) is 2.30. The maximum absolute atomic E-state index is 8.23. The predicted molar refractivity (Wildman–Crippen MR) is 42.0 cm³/mol. The molecule has 0 amide bonds. The van der Waals surface area contributed by atoms with Gasteiger partial charge in [0.15, 0.2) is 0 Å². The Morgan fingerprint density at radius 1 is 1.27 bits per heavy atom. The second kappa shape index (κ2) is 2.72. The zero-order valence-electron chi connectivity index (χ0n) is 6.40. The molecule has 1 saturated heterocycles. The number of fused-ring (bicyclic) bond motifs is 1. The van der Waals surface area contributed by atoms with Crippen molar-refractivity contribution in [2.24, 2.45) is 17.0 Å². The van der Waals surface area contributed by atoms with Gasteiger partial charge in [0.2, 0.25) is 0 Å². The molecular formula is C7H12N4. The van der Waals surface area contributed by atoms with Crippen LogP contribution in [0.4, 0.5) is 0 Å². The highest BCUT2D eigenvalue weighted by Gasteiger charge is 2.36. The van der Waals surface area contributed by atoms with E-state index < -0.39 is 0 Å². The first-order chi connectivity index (χ1) is 5.40. The Kier molecular flexibility index (Phi) is 1.72. The van der Waals surface area contributed by atoms with Crippen molar-refractivity contribution in [3.8, 4) is 0 Å². The first-order valence-corrected chi connectivity index (χ1v) is 4.15. The Bertz CT molecular complexity index is 185. The first kappa shape index (κ1) is 6.95. The molecule has 1 N–H and O–H groups in total. The SMILES string of the molecule is [N-]=[N+]=NC1CC2CNCC2C1. The van der Waals surface area contributed by atoms with E-state index >= 15 is 0 Å². The van der Waals surface area contributed by atoms with Gasteiger partial charge in [-0.3, -0.25) is 0 Å². The van der Waals surface area contributed by atoms with E-state index in [0.29, 0.717) is 0 Å². The zero-order chi connectivity index (χ0) is 7.68. The van der Waals surface area contributed by atoms with Gasteiger partial charge in [-0.25, -0.2) is 0 Å². The molecule has 0 aromatic rings. The Morgan fingerprint density at radius 2 is 1.91 bits per heavy atom. The third-order valence-corrected chi connectivity index (χ3v) is 2.84. The summed E-state index contributed by atoms with van der Waals surface area (Å²) in [5.74, 6) is 1.57. The standard InChI is InChI=1S/C7H12N4/c8-11-10-7-1-5-3-9-4-6(5)2-7/h5-7,9H,1-4H2. The number of hydrogen-bond acceptors (Lipinski definition) is 2. The summed E-state index contributed by atoms with van der Waals surface area (Å²) in [6.07, 6.45) is 2.20. The van der Waals surface area contributed by atoms with Crippen LogP contribution in [0.2, 0.25) is 0 Å². The van der Waals surface area contributed by atoms with E-state index in [-0.39, 0.29) is 6.04 Å². The molecule has 4 nitrogen and oxygen atoms in total. The second-order valence-corrected chi connectivity index (χ2v) is 3.51. The van der Waals surface area contributed by atoms with Crippen molar-refractivity contribution in [2.75, 3.05) is 13.1 Å². The van der Waals surface area contributed by atoms with Gasteiger partial charge in [-0.1, -0.05) is 5.11 Å². The number of nitrogens with zero attached hydrogens (tertiary/aromatic N) is 3. The predicted octanol–water partition coefficient (Wildman–Crippen LogP) is 1.29. The van der Waals surface area contributed by atoms with Gasteiger partial charge in [0.05, 0.1) is 0 Å². The molecule has 2 aliphatic rings. The number of hydrogen-bond donors (Lipinski definition) is 1. The molecule has 2 unspecified atom stereocenters. The molecule has 1 saturated carbocycles. The van der Waals surface area contributed by atoms with Crippen molar-refractivity contribution >= 4 is 0 Å². The third kappa shape index (κ3) is 1.19. The normalized spacial score (nSPS) is 41.6. The Hall–Kier alpha value is -0.730. The molecule has 0 bridgehead atoms. The molecule has 0 aromatic heterocycles. The van der Waals surface area contributed by atoms with Crippen molar-refractivity contribution in [1.29, 1.82) is 0 Å². The van der Waals surface area contributed by atoms with Crippen LogP contribution in [0.25, 0.3) is 10.4 Å². The van der Waals surface area contributed by atoms with Crippen molar-refractivity contribution in [1.82, 2.24) is 5.32 Å². The summed E-state index contributed by atoms with van der Waals surface area (Å²) in [6, 6.07) is 0.289. The topological polar surface area (TPSA) is 60.8 Å². The van der Waals surface area contributed by atoms with Gasteiger partial charge in [-0.05, 0) is 43.3 Å². The minimum Gasteiger partial charge on any atom is -0.316 e. The Morgan fingerprint density at radius 3 is 2.45 bits per heavy atom. The van der Waals surface area contributed by atoms with Crippen LogP contribution in [0.1, 0.15) is 12.8 Å². The summed E-state index contributed by atoms with van der Waals surface area (Å²) in [4.78, 5) is 2.85. The minimum atomic E-state index is 0.289. The quantitative estimate of drug-likeness (QED) is 0.343. The van der Waals surface area contributed by atoms with Crippen molar-refractivity contribution < 1.29 is 0 Å². The monoisotopic (exact) mass is 152 g/mol. The Labute approximate surface area is 65.6 Å². The highest BCUT2D eigenvalue weighted by molar-refractivity contribution is 4.93. The molecule has 1 aliphatic carbocycles. The van der Waals surface area contributed by atoms with Crippen LogP contribution in [-0.4, -0.2) is 19.1 Å². The fraction of sp³-hybridized carbons (Fsp3) is 1.00. The lowest BCUT2D eigenvalue weighted by atomic mass is 10.0. The molecule has 0 aromatic carbocycles. The maximum Gasteiger partial charge on any atom is 0.0380 e. The lowest BCUT2D eigenvalue weighted by molar-refractivity contribution is 0.494. The van der Waals surface area contributed by atoms with Crippen LogP contribution in [-0.2, 0) is 0 Å². The van der Waals surface area contributed by atoms with Crippen LogP contribution < -0.4 is 5.32 Å². The highest BCUT2D eigenvalue weighted by Crippen LogP contribution is 2.35. The summed E-state index contributed by atoms with van der Waals surface area (Å²) < 4.78 is 0. The molecule has 0 radical (unpaired) electrons. The summed E-state index contributed by atoms with van der Waals surface area (Å²) >= 11 is 0. The average Bonchev–Trinajstić information content (AvgIpc) is 2.46. The van der Waals surface area contributed by atoms with E-state index in [9.17, 15) is 0 Å². The maximum atomic E-state index is 8.23. The molecule has 2 rings (SSSR count). The van der Waals surface area contributed by atoms with Crippen molar-refractivity contribution in [3.63, 3.8) is 0 Å². The van der Waals surface area contributed by atoms with Gasteiger partial charge in [-0.15, -0.1) is 0 Å². The van der Waals surface area contributed by atoms with E-state index in [1.165, 1.54) is 0 Å². The molecule has 60 valence electrons. The van der Waals surface area contributed by atoms with Crippen LogP contribution in [0.3, 0.4) is 0 Å². The van der Waals surface area contributed by atoms with Gasteiger partial charge >= 0.3 is 0 Å². The average molecular weight is 152 g/mol. The molecular weight excluding hydrogens is 140 g/mol. The number of nitrogens with one attached hydrogen (secondary N) is 1. The van der Waals surface area contributed by atoms with Crippen LogP contribution in [0, 0.1) is 11.8 Å². The van der Waals surface area contributed by atoms with E-state index in [1.54, 1.807) is 0 Å². The van der Waals surface area contributed by atoms with Gasteiger partial charge in [0.25, 0.3) is 0 Å². The summed E-state index contributed by atoms with van der Waals surface area (Å²) in [5.41, 5.74) is 8.23. The molecule has 0 spiro atoms. The van der Waals surface area contributed by atoms with Crippen molar-refractivity contribution in [2.45, 2.75) is 18.9 Å². The van der Waals surface area contributed by atoms with E-state index in [1.807, 2.05) is 0 Å². The lowest BCUT2D eigenvalue weighted by Gasteiger charge is -2.02. The second-order valence-electron chi connectivity index (χ2n) is 3.51. The van der Waals surface area contributed by atoms with Gasteiger partial charge < -0.3 is 5.32 Å². The molecule has 4 heteroatoms. The van der Waals surface area contributed by atoms with E-state index in [4.69, 9.17) is 5.53 Å². The smallest absolute Gasteiger partial charge is 0.0380 e. The van der Waals surface area contributed by atoms with Gasteiger partial charge in [-0.2, -0.15) is 0 Å². The van der Waals surface area contributed by atoms with Gasteiger partial charge in [0.1, 0.15) is 0 Å². The van der Waals surface area contributed by atoms with E-state index in [2.05, 4.69) is 15.3 Å². The Balaban J connectivity index is 1.99. The van der Waals surface area contributed by atoms with Crippen LogP contribution in [0.5, 0.6) is 0 Å². The van der Waals surface area contributed by atoms with Crippen LogP contribution in [0.15, 0.2) is 5.11 Å². The molecule has 11 heavy (non-hydrogen) atoms. The van der Waals surface area contributed by atoms with Gasteiger partial charge in [0, 0.05) is 11.0 Å². The molecule has 2 fully saturated rings. The van der Waals surface area contributed by atoms with Crippen LogP contribution >= 0.6 is 0 Å². The van der Waals surface area contributed by atoms with E-state index in [0.717, 1.165) is 37.8 Å². The zero-order valence-corrected chi connectivity index (χ0v) is 6.40. The first-order valence-electron chi connectivity index (χ1n) is 4.15. The third-order valence-electron chi connectivity index (χ3n) is 2.84.